The van der Waals surface area contributed by atoms with Crippen molar-refractivity contribution in [3.05, 3.63) is 6.07 Å². The number of halogens is 18. The molecule has 3 unspecified atom stereocenters. The number of nitrogens with zero attached hydrogens (tertiary/aromatic N) is 6. The van der Waals surface area contributed by atoms with Gasteiger partial charge >= 0.3 is 99.0 Å². The molecule has 3 aliphatic rings. The normalized spacial score (nSPS) is 23.3. The summed E-state index contributed by atoms with van der Waals surface area (Å²) in [5.74, 6) is 0. The minimum atomic E-state index is -10.7. The Hall–Kier alpha value is -0.380. The van der Waals surface area contributed by atoms with E-state index in [1.807, 2.05) is 0 Å². The van der Waals surface area contributed by atoms with Gasteiger partial charge in [-0.05, 0) is 48.6 Å². The first-order valence-corrected chi connectivity index (χ1v) is 23.1. The Morgan fingerprint density at radius 3 is 1.10 bits per heavy atom. The molecule has 0 bridgehead atoms. The van der Waals surface area contributed by atoms with Gasteiger partial charge in [-0.3, -0.25) is 0 Å². The maximum absolute atomic E-state index is 12.3. The molecule has 0 aliphatic carbocycles. The van der Waals surface area contributed by atoms with Crippen LogP contribution in [0, 0.1) is 0 Å². The molecule has 1 aromatic carbocycles. The van der Waals surface area contributed by atoms with Crippen LogP contribution in [0.15, 0.2) is 6.07 Å². The van der Waals surface area contributed by atoms with Crippen LogP contribution < -0.4 is 15.9 Å². The Morgan fingerprint density at radius 2 is 0.776 bits per heavy atom. The number of hydrogen-bond acceptors (Lipinski definition) is 5. The fraction of sp³-hybridized carbons (Fsp3) is 0.667. The number of hydrogen-bond donors (Lipinski definition) is 0. The van der Waals surface area contributed by atoms with Crippen molar-refractivity contribution in [1.82, 2.24) is 29.2 Å². The van der Waals surface area contributed by atoms with Crippen LogP contribution in [0.25, 0.3) is 11.0 Å². The number of aromatic nitrogens is 3. The molecular weight excluding hydrogens is 844 g/mol. The third-order valence-electron chi connectivity index (χ3n) is 6.19. The first-order chi connectivity index (χ1) is 21.1. The van der Waals surface area contributed by atoms with Crippen LogP contribution in [0.1, 0.15) is 38.5 Å². The van der Waals surface area contributed by atoms with Gasteiger partial charge in [-0.15, -0.1) is 10.3 Å². The molecule has 4 heterocycles. The molecule has 3 aliphatic heterocycles. The molecule has 3 saturated heterocycles. The quantitative estimate of drug-likeness (QED) is 0.214. The molecular formula is C18H31F18N6OP6. The fourth-order valence-electron chi connectivity index (χ4n) is 4.65. The van der Waals surface area contributed by atoms with Crippen molar-refractivity contribution in [3.8, 4) is 0 Å². The molecule has 49 heavy (non-hydrogen) atoms. The summed E-state index contributed by atoms with van der Waals surface area (Å²) < 4.78 is 186. The first-order valence-electron chi connectivity index (χ1n) is 13.7. The van der Waals surface area contributed by atoms with Crippen molar-refractivity contribution in [1.29, 1.82) is 0 Å². The van der Waals surface area contributed by atoms with Crippen molar-refractivity contribution in [2.75, 3.05) is 39.3 Å². The van der Waals surface area contributed by atoms with Crippen LogP contribution in [-0.2, 0) is 5.21 Å². The van der Waals surface area contributed by atoms with Crippen LogP contribution in [0.3, 0.4) is 0 Å². The van der Waals surface area contributed by atoms with E-state index >= 15 is 0 Å². The van der Waals surface area contributed by atoms with Crippen LogP contribution in [0.5, 0.6) is 0 Å². The van der Waals surface area contributed by atoms with E-state index in [9.17, 15) is 80.8 Å². The monoisotopic (exact) mass is 875 g/mol. The van der Waals surface area contributed by atoms with Gasteiger partial charge in [-0.1, -0.05) is 0 Å². The van der Waals surface area contributed by atoms with Crippen molar-refractivity contribution in [3.63, 3.8) is 0 Å². The third kappa shape index (κ3) is 26.1. The molecule has 1 aromatic heterocycles. The predicted molar refractivity (Wildman–Crippen MR) is 165 cm³/mol. The van der Waals surface area contributed by atoms with Crippen LogP contribution in [-0.4, -0.2) is 68.4 Å². The minimum Gasteiger partial charge on any atom is -0.180 e. The molecule has 2 aromatic rings. The summed E-state index contributed by atoms with van der Waals surface area (Å²) in [6.07, 6.45) is 7.89. The number of fused-ring (bicyclic) bond motifs is 1. The zero-order valence-electron chi connectivity index (χ0n) is 24.5. The maximum atomic E-state index is 12.3. The molecule has 31 heteroatoms. The molecule has 5 rings (SSSR count). The molecule has 0 saturated carbocycles. The summed E-state index contributed by atoms with van der Waals surface area (Å²) in [5, 5.41) is 25.0. The molecule has 0 N–H and O–H groups in total. The molecule has 295 valence electrons. The number of benzene rings is 1. The summed E-state index contributed by atoms with van der Waals surface area (Å²) in [5.41, 5.74) is 1.59. The van der Waals surface area contributed by atoms with Crippen molar-refractivity contribution < 1.29 is 80.8 Å². The zero-order chi connectivity index (χ0) is 38.1. The Balaban J connectivity index is 0.000000325. The van der Waals surface area contributed by atoms with Gasteiger partial charge in [-0.2, -0.15) is 14.0 Å². The van der Waals surface area contributed by atoms with E-state index in [2.05, 4.69) is 30.4 Å². The predicted octanol–water partition coefficient (Wildman–Crippen LogP) is 10.9. The van der Waals surface area contributed by atoms with E-state index in [0.29, 0.717) is 5.52 Å². The summed E-state index contributed by atoms with van der Waals surface area (Å²) in [7, 11) is -31.8. The molecule has 0 amide bonds. The van der Waals surface area contributed by atoms with E-state index in [-0.39, 0.29) is 26.2 Å². The van der Waals surface area contributed by atoms with Gasteiger partial charge in [0.1, 0.15) is 5.52 Å². The largest absolute Gasteiger partial charge is 0.195 e. The van der Waals surface area contributed by atoms with Crippen LogP contribution in [0.4, 0.5) is 75.5 Å². The second kappa shape index (κ2) is 12.9. The van der Waals surface area contributed by atoms with Gasteiger partial charge in [0.05, 0.1) is 26.2 Å². The van der Waals surface area contributed by atoms with Crippen molar-refractivity contribution >= 4 is 76.6 Å². The van der Waals surface area contributed by atoms with Gasteiger partial charge in [0, 0.05) is 45.3 Å². The van der Waals surface area contributed by atoms with E-state index in [4.69, 9.17) is 0 Å². The summed E-state index contributed by atoms with van der Waals surface area (Å²) in [4.78, 5) is 0.754. The zero-order valence-corrected chi connectivity index (χ0v) is 30.7. The summed E-state index contributed by atoms with van der Waals surface area (Å²) in [6, 6.07) is 2.15. The van der Waals surface area contributed by atoms with Gasteiger partial charge in [0.2, 0.25) is 0 Å². The van der Waals surface area contributed by atoms with E-state index in [1.54, 1.807) is 5.30 Å². The second-order valence-electron chi connectivity index (χ2n) is 11.1. The van der Waals surface area contributed by atoms with E-state index < -0.39 is 23.4 Å². The van der Waals surface area contributed by atoms with Gasteiger partial charge in [0.15, 0.2) is 21.4 Å². The molecule has 3 fully saturated rings. The van der Waals surface area contributed by atoms with E-state index in [1.165, 1.54) is 88.4 Å². The SMILES string of the molecule is F[P-](F)(F)(F)(F)F.F[P-](F)(F)(F)(F)F.F[P-](F)(F)(F)(F)F.[O]n1nnc2c([PH2+]N3CCCC3)c([PH2+]N3CCCC3)c([PH2+]N3CCCC3)cc21. The molecule has 3 atom stereocenters. The van der Waals surface area contributed by atoms with Gasteiger partial charge in [-0.25, -0.2) is 0 Å². The Bertz CT molecular complexity index is 1350. The average molecular weight is 875 g/mol. The third-order valence-corrected chi connectivity index (χ3v) is 12.0. The van der Waals surface area contributed by atoms with Gasteiger partial charge in [0.25, 0.3) is 0 Å². The maximum Gasteiger partial charge on any atom is 0.195 e. The Kier molecular flexibility index (Phi) is 11.8. The smallest absolute Gasteiger partial charge is 0.180 e. The molecule has 7 nitrogen and oxygen atoms in total. The van der Waals surface area contributed by atoms with Crippen LogP contribution in [0.2, 0.25) is 0 Å². The summed E-state index contributed by atoms with van der Waals surface area (Å²) in [6.45, 7) is 7.30. The molecule has 1 radical (unpaired) electrons. The second-order valence-corrected chi connectivity index (χ2v) is 21.6. The fourth-order valence-corrected chi connectivity index (χ4v) is 10.4. The summed E-state index contributed by atoms with van der Waals surface area (Å²) >= 11 is 0. The first kappa shape index (κ1) is 44.8. The van der Waals surface area contributed by atoms with E-state index in [0.717, 1.165) is 10.4 Å². The standard InChI is InChI=1S/C18H28N6OP3.3F6P/c25-24-14-13-15(26-21-7-1-2-8-21)17(27-22-9-3-4-10-22)18(16(14)19-20-24)28-23-11-5-6-12-23;3*1-7(2,3,4,5)6/h13,26-28H,1-12H2;;;/q;3*-1/p+3. The Morgan fingerprint density at radius 1 is 0.490 bits per heavy atom. The number of rotatable bonds is 6. The Labute approximate surface area is 270 Å². The van der Waals surface area contributed by atoms with Crippen LogP contribution >= 0.6 is 49.6 Å². The van der Waals surface area contributed by atoms with Crippen molar-refractivity contribution in [2.45, 2.75) is 38.5 Å². The average Bonchev–Trinajstić information content (AvgIpc) is 3.60. The van der Waals surface area contributed by atoms with Crippen molar-refractivity contribution in [2.24, 2.45) is 0 Å². The topological polar surface area (TPSA) is 60.3 Å². The minimum absolute atomic E-state index is 0.0147. The molecule has 0 spiro atoms. The van der Waals surface area contributed by atoms with Gasteiger partial charge < -0.3 is 0 Å².